The molecule has 0 spiro atoms. The molecule has 0 bridgehead atoms. The first kappa shape index (κ1) is 14.4. The Hall–Kier alpha value is -1.51. The molecule has 1 heterocycles. The van der Waals surface area contributed by atoms with Gasteiger partial charge in [0.2, 0.25) is 0 Å². The molecule has 1 unspecified atom stereocenters. The van der Waals surface area contributed by atoms with Gasteiger partial charge in [-0.1, -0.05) is 41.4 Å². The monoisotopic (exact) mass is 300 g/mol. The van der Waals surface area contributed by atoms with Crippen LogP contribution in [0.3, 0.4) is 0 Å². The summed E-state index contributed by atoms with van der Waals surface area (Å²) >= 11 is 6.00. The van der Waals surface area contributed by atoms with Crippen LogP contribution in [0.4, 0.5) is 5.69 Å². The number of fused-ring (bicyclic) bond motifs is 1. The molecule has 2 aromatic carbocycles. The summed E-state index contributed by atoms with van der Waals surface area (Å²) < 4.78 is 0. The molecule has 1 aliphatic heterocycles. The van der Waals surface area contributed by atoms with Gasteiger partial charge in [-0.05, 0) is 49.1 Å². The largest absolute Gasteiger partial charge is 0.363 e. The number of rotatable bonds is 3. The Bertz CT molecular complexity index is 622. The molecule has 0 saturated heterocycles. The molecule has 0 aromatic heterocycles. The minimum atomic E-state index is 0.212. The zero-order valence-corrected chi connectivity index (χ0v) is 13.1. The lowest BCUT2D eigenvalue weighted by Gasteiger charge is -2.38. The number of nitrogens with two attached hydrogens (primary N) is 1. The number of anilines is 1. The third-order valence-electron chi connectivity index (χ3n) is 4.24. The fourth-order valence-electron chi connectivity index (χ4n) is 3.21. The summed E-state index contributed by atoms with van der Waals surface area (Å²) in [5.41, 5.74) is 11.4. The SMILES string of the molecule is Cc1ccc2c(c1)CCCN2C(CN)c1ccc(Cl)cc1. The molecule has 3 rings (SSSR count). The smallest absolute Gasteiger partial charge is 0.0664 e. The molecular weight excluding hydrogens is 280 g/mol. The maximum absolute atomic E-state index is 6.09. The summed E-state index contributed by atoms with van der Waals surface area (Å²) in [6, 6.07) is 15.0. The fraction of sp³-hybridized carbons (Fsp3) is 0.333. The second kappa shape index (κ2) is 6.08. The summed E-state index contributed by atoms with van der Waals surface area (Å²) in [5.74, 6) is 0. The van der Waals surface area contributed by atoms with Crippen molar-refractivity contribution >= 4 is 17.3 Å². The van der Waals surface area contributed by atoms with Crippen molar-refractivity contribution in [1.82, 2.24) is 0 Å². The van der Waals surface area contributed by atoms with Crippen LogP contribution in [-0.2, 0) is 6.42 Å². The van der Waals surface area contributed by atoms with Crippen LogP contribution in [0, 0.1) is 6.92 Å². The van der Waals surface area contributed by atoms with Crippen LogP contribution in [0.5, 0.6) is 0 Å². The predicted octanol–water partition coefficient (Wildman–Crippen LogP) is 4.10. The molecule has 21 heavy (non-hydrogen) atoms. The van der Waals surface area contributed by atoms with Crippen molar-refractivity contribution in [2.45, 2.75) is 25.8 Å². The lowest BCUT2D eigenvalue weighted by atomic mass is 9.96. The summed E-state index contributed by atoms with van der Waals surface area (Å²) in [7, 11) is 0. The lowest BCUT2D eigenvalue weighted by molar-refractivity contribution is 0.587. The van der Waals surface area contributed by atoms with E-state index in [4.69, 9.17) is 17.3 Å². The molecule has 2 N–H and O–H groups in total. The fourth-order valence-corrected chi connectivity index (χ4v) is 3.33. The predicted molar refractivity (Wildman–Crippen MR) is 90.1 cm³/mol. The highest BCUT2D eigenvalue weighted by Crippen LogP contribution is 2.34. The van der Waals surface area contributed by atoms with Crippen molar-refractivity contribution in [3.8, 4) is 0 Å². The highest BCUT2D eigenvalue weighted by atomic mass is 35.5. The van der Waals surface area contributed by atoms with Gasteiger partial charge < -0.3 is 10.6 Å². The van der Waals surface area contributed by atoms with Crippen LogP contribution in [-0.4, -0.2) is 13.1 Å². The molecule has 0 radical (unpaired) electrons. The first-order valence-electron chi connectivity index (χ1n) is 7.51. The summed E-state index contributed by atoms with van der Waals surface area (Å²) in [5, 5.41) is 0.768. The number of hydrogen-bond donors (Lipinski definition) is 1. The van der Waals surface area contributed by atoms with Crippen LogP contribution in [0.25, 0.3) is 0 Å². The standard InChI is InChI=1S/C18H21ClN2/c1-13-4-9-17-15(11-13)3-2-10-21(17)18(12-20)14-5-7-16(19)8-6-14/h4-9,11,18H,2-3,10,12,20H2,1H3. The summed E-state index contributed by atoms with van der Waals surface area (Å²) in [6.45, 7) is 3.81. The molecule has 1 atom stereocenters. The third-order valence-corrected chi connectivity index (χ3v) is 4.50. The van der Waals surface area contributed by atoms with Gasteiger partial charge in [-0.25, -0.2) is 0 Å². The van der Waals surface area contributed by atoms with Crippen LogP contribution in [0.2, 0.25) is 5.02 Å². The van der Waals surface area contributed by atoms with Gasteiger partial charge in [0.25, 0.3) is 0 Å². The van der Waals surface area contributed by atoms with Crippen LogP contribution >= 0.6 is 11.6 Å². The molecule has 2 nitrogen and oxygen atoms in total. The van der Waals surface area contributed by atoms with Gasteiger partial charge in [0.1, 0.15) is 0 Å². The van der Waals surface area contributed by atoms with E-state index in [9.17, 15) is 0 Å². The van der Waals surface area contributed by atoms with Crippen molar-refractivity contribution in [3.05, 3.63) is 64.2 Å². The van der Waals surface area contributed by atoms with Crippen molar-refractivity contribution in [2.75, 3.05) is 18.0 Å². The molecule has 1 aliphatic rings. The first-order chi connectivity index (χ1) is 10.2. The minimum absolute atomic E-state index is 0.212. The topological polar surface area (TPSA) is 29.3 Å². The molecule has 0 fully saturated rings. The molecule has 0 aliphatic carbocycles. The maximum Gasteiger partial charge on any atom is 0.0664 e. The second-order valence-corrected chi connectivity index (χ2v) is 6.17. The van der Waals surface area contributed by atoms with E-state index in [0.29, 0.717) is 6.54 Å². The average molecular weight is 301 g/mol. The average Bonchev–Trinajstić information content (AvgIpc) is 2.49. The maximum atomic E-state index is 6.09. The second-order valence-electron chi connectivity index (χ2n) is 5.73. The van der Waals surface area contributed by atoms with Gasteiger partial charge in [-0.3, -0.25) is 0 Å². The van der Waals surface area contributed by atoms with Crippen molar-refractivity contribution in [3.63, 3.8) is 0 Å². The Labute approximate surface area is 131 Å². The van der Waals surface area contributed by atoms with Crippen LogP contribution in [0.1, 0.15) is 29.2 Å². The van der Waals surface area contributed by atoms with Gasteiger partial charge in [0, 0.05) is 23.8 Å². The zero-order chi connectivity index (χ0) is 14.8. The lowest BCUT2D eigenvalue weighted by Crippen LogP contribution is -2.37. The van der Waals surface area contributed by atoms with E-state index in [-0.39, 0.29) is 6.04 Å². The van der Waals surface area contributed by atoms with Gasteiger partial charge in [-0.2, -0.15) is 0 Å². The minimum Gasteiger partial charge on any atom is -0.363 e. The first-order valence-corrected chi connectivity index (χ1v) is 7.88. The van der Waals surface area contributed by atoms with Crippen molar-refractivity contribution < 1.29 is 0 Å². The summed E-state index contributed by atoms with van der Waals surface area (Å²) in [6.07, 6.45) is 2.34. The number of aryl methyl sites for hydroxylation is 2. The Morgan fingerprint density at radius 3 is 2.67 bits per heavy atom. The highest BCUT2D eigenvalue weighted by molar-refractivity contribution is 6.30. The Kier molecular flexibility index (Phi) is 4.18. The van der Waals surface area contributed by atoms with E-state index in [1.165, 1.54) is 28.8 Å². The zero-order valence-electron chi connectivity index (χ0n) is 12.3. The number of benzene rings is 2. The highest BCUT2D eigenvalue weighted by Gasteiger charge is 2.24. The van der Waals surface area contributed by atoms with E-state index in [0.717, 1.165) is 18.0 Å². The van der Waals surface area contributed by atoms with Gasteiger partial charge in [0.15, 0.2) is 0 Å². The molecule has 110 valence electrons. The van der Waals surface area contributed by atoms with Crippen LogP contribution < -0.4 is 10.6 Å². The van der Waals surface area contributed by atoms with Crippen molar-refractivity contribution in [2.24, 2.45) is 5.73 Å². The quantitative estimate of drug-likeness (QED) is 0.924. The molecule has 0 saturated carbocycles. The summed E-state index contributed by atoms with van der Waals surface area (Å²) in [4.78, 5) is 2.45. The normalized spacial score (nSPS) is 15.7. The Balaban J connectivity index is 1.97. The third kappa shape index (κ3) is 2.92. The molecule has 0 amide bonds. The van der Waals surface area contributed by atoms with E-state index in [1.807, 2.05) is 12.1 Å². The van der Waals surface area contributed by atoms with Crippen LogP contribution in [0.15, 0.2) is 42.5 Å². The van der Waals surface area contributed by atoms with Gasteiger partial charge >= 0.3 is 0 Å². The van der Waals surface area contributed by atoms with E-state index in [1.54, 1.807) is 0 Å². The van der Waals surface area contributed by atoms with E-state index >= 15 is 0 Å². The van der Waals surface area contributed by atoms with E-state index in [2.05, 4.69) is 42.2 Å². The number of nitrogens with zero attached hydrogens (tertiary/aromatic N) is 1. The Morgan fingerprint density at radius 1 is 1.19 bits per heavy atom. The number of halogens is 1. The van der Waals surface area contributed by atoms with Gasteiger partial charge in [-0.15, -0.1) is 0 Å². The Morgan fingerprint density at radius 2 is 1.95 bits per heavy atom. The van der Waals surface area contributed by atoms with Gasteiger partial charge in [0.05, 0.1) is 6.04 Å². The molecule has 2 aromatic rings. The number of hydrogen-bond acceptors (Lipinski definition) is 2. The van der Waals surface area contributed by atoms with E-state index < -0.39 is 0 Å². The molecular formula is C18H21ClN2. The van der Waals surface area contributed by atoms with Crippen molar-refractivity contribution in [1.29, 1.82) is 0 Å². The molecule has 3 heteroatoms.